The molecule has 0 spiro atoms. The van der Waals surface area contributed by atoms with E-state index in [4.69, 9.17) is 9.02 Å². The molecule has 0 fully saturated rings. The first kappa shape index (κ1) is 22.6. The van der Waals surface area contributed by atoms with Crippen molar-refractivity contribution >= 4 is 21.5 Å². The average molecular weight is 432 g/mol. The SMILES string of the molecule is CCCc1cc(CCC)c2c(c1)N(OS(=O)(=O)CCC)c1c(CCC)cccc1O2. The topological polar surface area (TPSA) is 55.8 Å². The number of hydrogen-bond acceptors (Lipinski definition) is 5. The van der Waals surface area contributed by atoms with Gasteiger partial charge in [-0.25, -0.2) is 0 Å². The van der Waals surface area contributed by atoms with Crippen LogP contribution in [0, 0.1) is 0 Å². The van der Waals surface area contributed by atoms with Crippen LogP contribution in [-0.2, 0) is 33.7 Å². The molecule has 6 heteroatoms. The molecule has 0 aliphatic carbocycles. The van der Waals surface area contributed by atoms with Gasteiger partial charge in [0, 0.05) is 0 Å². The standard InChI is InChI=1S/C24H33NO4S/c1-5-10-18-16-20(12-7-3)24-21(17-18)25(29-30(26,27)15-8-4)23-19(11-6-2)13-9-14-22(23)28-24/h9,13-14,16-17H,5-8,10-12,15H2,1-4H3. The molecule has 5 nitrogen and oxygen atoms in total. The highest BCUT2D eigenvalue weighted by atomic mass is 32.2. The van der Waals surface area contributed by atoms with E-state index in [1.54, 1.807) is 0 Å². The number of fused-ring (bicyclic) bond motifs is 2. The summed E-state index contributed by atoms with van der Waals surface area (Å²) < 4.78 is 37.5. The molecular formula is C24H33NO4S. The van der Waals surface area contributed by atoms with Crippen molar-refractivity contribution < 1.29 is 17.4 Å². The first-order valence-corrected chi connectivity index (χ1v) is 12.7. The first-order valence-electron chi connectivity index (χ1n) is 11.1. The van der Waals surface area contributed by atoms with Crippen LogP contribution < -0.4 is 9.80 Å². The molecule has 0 unspecified atom stereocenters. The van der Waals surface area contributed by atoms with Crippen molar-refractivity contribution in [2.45, 2.75) is 72.6 Å². The summed E-state index contributed by atoms with van der Waals surface area (Å²) in [4.78, 5) is 0. The van der Waals surface area contributed by atoms with E-state index in [-0.39, 0.29) is 5.75 Å². The van der Waals surface area contributed by atoms with Gasteiger partial charge in [0.2, 0.25) is 0 Å². The van der Waals surface area contributed by atoms with Crippen LogP contribution in [0.2, 0.25) is 0 Å². The summed E-state index contributed by atoms with van der Waals surface area (Å²) in [6.45, 7) is 8.22. The Morgan fingerprint density at radius 2 is 1.60 bits per heavy atom. The zero-order chi connectivity index (χ0) is 21.7. The van der Waals surface area contributed by atoms with Gasteiger partial charge in [-0.1, -0.05) is 65.2 Å². The Morgan fingerprint density at radius 1 is 0.900 bits per heavy atom. The zero-order valence-corrected chi connectivity index (χ0v) is 19.3. The Morgan fingerprint density at radius 3 is 2.27 bits per heavy atom. The summed E-state index contributed by atoms with van der Waals surface area (Å²) in [5.74, 6) is 1.31. The fraction of sp³-hybridized carbons (Fsp3) is 0.500. The minimum Gasteiger partial charge on any atom is -0.452 e. The highest BCUT2D eigenvalue weighted by molar-refractivity contribution is 7.86. The van der Waals surface area contributed by atoms with Crippen molar-refractivity contribution in [2.75, 3.05) is 10.8 Å². The molecule has 2 aromatic carbocycles. The fourth-order valence-corrected chi connectivity index (χ4v) is 4.91. The van der Waals surface area contributed by atoms with Gasteiger partial charge in [0.15, 0.2) is 11.5 Å². The van der Waals surface area contributed by atoms with E-state index in [1.807, 2.05) is 31.2 Å². The monoisotopic (exact) mass is 431 g/mol. The predicted molar refractivity (Wildman–Crippen MR) is 122 cm³/mol. The molecule has 0 bridgehead atoms. The largest absolute Gasteiger partial charge is 0.452 e. The van der Waals surface area contributed by atoms with E-state index in [9.17, 15) is 8.42 Å². The van der Waals surface area contributed by atoms with Gasteiger partial charge in [0.1, 0.15) is 11.4 Å². The normalized spacial score (nSPS) is 13.0. The molecular weight excluding hydrogens is 398 g/mol. The summed E-state index contributed by atoms with van der Waals surface area (Å²) in [6.07, 6.45) is 6.02. The van der Waals surface area contributed by atoms with Gasteiger partial charge in [0.05, 0.1) is 5.75 Å². The van der Waals surface area contributed by atoms with Crippen LogP contribution in [0.25, 0.3) is 0 Å². The molecule has 164 valence electrons. The molecule has 0 saturated carbocycles. The second-order valence-corrected chi connectivity index (χ2v) is 9.52. The molecule has 1 heterocycles. The van der Waals surface area contributed by atoms with Gasteiger partial charge < -0.3 is 4.74 Å². The molecule has 3 rings (SSSR count). The van der Waals surface area contributed by atoms with Gasteiger partial charge in [-0.2, -0.15) is 13.5 Å². The Labute approximate surface area is 181 Å². The van der Waals surface area contributed by atoms with E-state index in [2.05, 4.69) is 26.8 Å². The molecule has 0 aromatic heterocycles. The van der Waals surface area contributed by atoms with Gasteiger partial charge in [-0.3, -0.25) is 0 Å². The molecule has 0 saturated heterocycles. The van der Waals surface area contributed by atoms with Crippen LogP contribution in [0.5, 0.6) is 11.5 Å². The summed E-state index contributed by atoms with van der Waals surface area (Å²) in [5, 5.41) is 1.52. The Hall–Kier alpha value is -2.05. The smallest absolute Gasteiger partial charge is 0.288 e. The van der Waals surface area contributed by atoms with Crippen LogP contribution in [0.1, 0.15) is 70.1 Å². The van der Waals surface area contributed by atoms with E-state index < -0.39 is 10.1 Å². The maximum Gasteiger partial charge on any atom is 0.288 e. The molecule has 0 N–H and O–H groups in total. The number of ether oxygens (including phenoxy) is 1. The number of benzene rings is 2. The van der Waals surface area contributed by atoms with Crippen LogP contribution in [0.15, 0.2) is 30.3 Å². The predicted octanol–water partition coefficient (Wildman–Crippen LogP) is 6.46. The van der Waals surface area contributed by atoms with Gasteiger partial charge >= 0.3 is 0 Å². The third-order valence-electron chi connectivity index (χ3n) is 5.14. The van der Waals surface area contributed by atoms with Crippen molar-refractivity contribution in [1.29, 1.82) is 0 Å². The second kappa shape index (κ2) is 9.84. The summed E-state index contributed by atoms with van der Waals surface area (Å²) in [5.41, 5.74) is 4.65. The zero-order valence-electron chi connectivity index (χ0n) is 18.5. The maximum atomic E-state index is 12.7. The number of para-hydroxylation sites is 1. The lowest BCUT2D eigenvalue weighted by Gasteiger charge is -2.34. The minimum absolute atomic E-state index is 0.0264. The molecule has 0 atom stereocenters. The second-order valence-electron chi connectivity index (χ2n) is 7.85. The number of hydrogen-bond donors (Lipinski definition) is 0. The van der Waals surface area contributed by atoms with Gasteiger partial charge in [-0.05, 0) is 54.5 Å². The third kappa shape index (κ3) is 4.81. The van der Waals surface area contributed by atoms with Crippen molar-refractivity contribution in [2.24, 2.45) is 0 Å². The maximum absolute atomic E-state index is 12.7. The Kier molecular flexibility index (Phi) is 7.42. The summed E-state index contributed by atoms with van der Waals surface area (Å²) in [7, 11) is -3.73. The minimum atomic E-state index is -3.73. The van der Waals surface area contributed by atoms with Crippen LogP contribution in [0.4, 0.5) is 11.4 Å². The lowest BCUT2D eigenvalue weighted by atomic mass is 9.98. The van der Waals surface area contributed by atoms with E-state index in [0.717, 1.165) is 49.7 Å². The van der Waals surface area contributed by atoms with Gasteiger partial charge in [0.25, 0.3) is 10.1 Å². The average Bonchev–Trinajstić information content (AvgIpc) is 2.69. The number of anilines is 2. The molecule has 0 radical (unpaired) electrons. The molecule has 1 aliphatic rings. The van der Waals surface area contributed by atoms with Crippen molar-refractivity contribution in [3.05, 3.63) is 47.0 Å². The Bertz CT molecular complexity index is 985. The molecule has 2 aromatic rings. The highest BCUT2D eigenvalue weighted by Crippen LogP contribution is 2.51. The number of aryl methyl sites for hydroxylation is 3. The van der Waals surface area contributed by atoms with Gasteiger partial charge in [-0.15, -0.1) is 4.28 Å². The first-order chi connectivity index (χ1) is 14.4. The van der Waals surface area contributed by atoms with Crippen LogP contribution >= 0.6 is 0 Å². The summed E-state index contributed by atoms with van der Waals surface area (Å²) in [6, 6.07) is 10.1. The lowest BCUT2D eigenvalue weighted by Crippen LogP contribution is -2.28. The lowest BCUT2D eigenvalue weighted by molar-refractivity contribution is 0.306. The van der Waals surface area contributed by atoms with E-state index >= 15 is 0 Å². The van der Waals surface area contributed by atoms with Crippen molar-refractivity contribution in [3.8, 4) is 11.5 Å². The van der Waals surface area contributed by atoms with E-state index in [0.29, 0.717) is 29.3 Å². The number of rotatable bonds is 10. The Balaban J connectivity index is 2.22. The number of nitrogens with zero attached hydrogens (tertiary/aromatic N) is 1. The van der Waals surface area contributed by atoms with Crippen LogP contribution in [0.3, 0.4) is 0 Å². The van der Waals surface area contributed by atoms with Crippen LogP contribution in [-0.4, -0.2) is 14.2 Å². The van der Waals surface area contributed by atoms with E-state index in [1.165, 1.54) is 10.6 Å². The fourth-order valence-electron chi connectivity index (χ4n) is 3.95. The molecule has 0 amide bonds. The third-order valence-corrected chi connectivity index (χ3v) is 6.43. The van der Waals surface area contributed by atoms with Crippen molar-refractivity contribution in [1.82, 2.24) is 0 Å². The molecule has 1 aliphatic heterocycles. The quantitative estimate of drug-likeness (QED) is 0.432. The summed E-state index contributed by atoms with van der Waals surface area (Å²) >= 11 is 0. The van der Waals surface area contributed by atoms with Crippen molar-refractivity contribution in [3.63, 3.8) is 0 Å². The highest BCUT2D eigenvalue weighted by Gasteiger charge is 2.33. The molecule has 30 heavy (non-hydrogen) atoms.